The maximum Gasteiger partial charge on any atom is 0.348 e. The van der Waals surface area contributed by atoms with Crippen molar-refractivity contribution >= 4 is 34.5 Å². The summed E-state index contributed by atoms with van der Waals surface area (Å²) in [5, 5.41) is 0. The van der Waals surface area contributed by atoms with E-state index in [2.05, 4.69) is 4.40 Å². The summed E-state index contributed by atoms with van der Waals surface area (Å²) in [5.41, 5.74) is 0. The molecule has 1 unspecified atom stereocenters. The Bertz CT molecular complexity index is 498. The molecule has 0 aliphatic carbocycles. The highest BCUT2D eigenvalue weighted by Crippen LogP contribution is 2.18. The van der Waals surface area contributed by atoms with Crippen LogP contribution in [0.1, 0.15) is 49.2 Å². The molecule has 0 aliphatic rings. The minimum Gasteiger partial charge on any atom is -0.459 e. The number of esters is 1. The Morgan fingerprint density at radius 2 is 2.05 bits per heavy atom. The molecular weight excluding hydrogens is 282 g/mol. The maximum atomic E-state index is 11.8. The lowest BCUT2D eigenvalue weighted by Crippen LogP contribution is -2.19. The van der Waals surface area contributed by atoms with Crippen LogP contribution in [0.4, 0.5) is 0 Å². The number of ether oxygens (including phenoxy) is 1. The number of hydrogen-bond acceptors (Lipinski definition) is 4. The van der Waals surface area contributed by atoms with E-state index in [9.17, 15) is 9.00 Å². The first-order chi connectivity index (χ1) is 8.70. The molecule has 4 nitrogen and oxygen atoms in total. The standard InChI is InChI=1S/C13H19NO3S2/c1-9(2)17-12(15)11-7-6-10(18-11)8-14-19(16)13(3,4)5/h6-9H,1-5H3. The van der Waals surface area contributed by atoms with Crippen molar-refractivity contribution in [2.45, 2.75) is 45.5 Å². The van der Waals surface area contributed by atoms with Crippen LogP contribution in [0.3, 0.4) is 0 Å². The van der Waals surface area contributed by atoms with E-state index in [-0.39, 0.29) is 16.8 Å². The monoisotopic (exact) mass is 301 g/mol. The zero-order chi connectivity index (χ0) is 14.6. The molecule has 1 aromatic heterocycles. The smallest absolute Gasteiger partial charge is 0.348 e. The van der Waals surface area contributed by atoms with Crippen molar-refractivity contribution in [2.24, 2.45) is 4.40 Å². The Labute approximate surface area is 120 Å². The molecule has 106 valence electrons. The summed E-state index contributed by atoms with van der Waals surface area (Å²) in [6.07, 6.45) is 1.40. The molecule has 1 heterocycles. The van der Waals surface area contributed by atoms with Crippen LogP contribution in [0.25, 0.3) is 0 Å². The zero-order valence-corrected chi connectivity index (χ0v) is 13.4. The van der Waals surface area contributed by atoms with Crippen LogP contribution < -0.4 is 0 Å². The van der Waals surface area contributed by atoms with E-state index >= 15 is 0 Å². The topological polar surface area (TPSA) is 55.7 Å². The summed E-state index contributed by atoms with van der Waals surface area (Å²) in [4.78, 5) is 13.0. The molecule has 6 heteroatoms. The molecule has 1 atom stereocenters. The van der Waals surface area contributed by atoms with Crippen molar-refractivity contribution < 1.29 is 13.7 Å². The lowest BCUT2D eigenvalue weighted by molar-refractivity contribution is 0.0384. The van der Waals surface area contributed by atoms with Gasteiger partial charge in [-0.05, 0) is 46.8 Å². The average Bonchev–Trinajstić information content (AvgIpc) is 2.72. The van der Waals surface area contributed by atoms with Gasteiger partial charge in [0.15, 0.2) is 0 Å². The first-order valence-electron chi connectivity index (χ1n) is 5.97. The maximum absolute atomic E-state index is 11.8. The van der Waals surface area contributed by atoms with Gasteiger partial charge < -0.3 is 4.74 Å². The van der Waals surface area contributed by atoms with Gasteiger partial charge in [0.05, 0.1) is 17.1 Å². The van der Waals surface area contributed by atoms with Crippen molar-refractivity contribution in [3.63, 3.8) is 0 Å². The van der Waals surface area contributed by atoms with Crippen LogP contribution in [-0.4, -0.2) is 27.2 Å². The number of thiophene rings is 1. The van der Waals surface area contributed by atoms with Gasteiger partial charge in [0, 0.05) is 4.88 Å². The third-order valence-electron chi connectivity index (χ3n) is 1.97. The molecule has 0 aliphatic heterocycles. The van der Waals surface area contributed by atoms with Gasteiger partial charge in [0.25, 0.3) is 0 Å². The first kappa shape index (κ1) is 16.0. The molecular formula is C13H19NO3S2. The number of rotatable bonds is 4. The van der Waals surface area contributed by atoms with E-state index in [1.54, 1.807) is 26.0 Å². The Kier molecular flexibility index (Phi) is 5.43. The third kappa shape index (κ3) is 5.24. The molecule has 0 aromatic carbocycles. The molecule has 0 fully saturated rings. The summed E-state index contributed by atoms with van der Waals surface area (Å²) in [5.74, 6) is -0.336. The van der Waals surface area contributed by atoms with Crippen molar-refractivity contribution in [3.8, 4) is 0 Å². The molecule has 0 spiro atoms. The molecule has 1 rings (SSSR count). The third-order valence-corrected chi connectivity index (χ3v) is 4.31. The van der Waals surface area contributed by atoms with Gasteiger partial charge in [0.1, 0.15) is 15.9 Å². The highest BCUT2D eigenvalue weighted by Gasteiger charge is 2.18. The lowest BCUT2D eigenvalue weighted by atomic mass is 10.3. The van der Waals surface area contributed by atoms with Gasteiger partial charge in [-0.3, -0.25) is 0 Å². The van der Waals surface area contributed by atoms with Crippen molar-refractivity contribution in [3.05, 3.63) is 21.9 Å². The van der Waals surface area contributed by atoms with Gasteiger partial charge >= 0.3 is 5.97 Å². The van der Waals surface area contributed by atoms with Crippen LogP contribution in [-0.2, 0) is 15.7 Å². The fourth-order valence-corrected chi connectivity index (χ4v) is 2.42. The van der Waals surface area contributed by atoms with Crippen molar-refractivity contribution in [1.29, 1.82) is 0 Å². The van der Waals surface area contributed by atoms with Crippen LogP contribution in [0, 0.1) is 0 Å². The molecule has 0 saturated heterocycles. The largest absolute Gasteiger partial charge is 0.459 e. The number of nitrogens with zero attached hydrogens (tertiary/aromatic N) is 1. The van der Waals surface area contributed by atoms with Gasteiger partial charge in [-0.15, -0.1) is 11.3 Å². The van der Waals surface area contributed by atoms with E-state index in [1.165, 1.54) is 17.6 Å². The van der Waals surface area contributed by atoms with Crippen molar-refractivity contribution in [1.82, 2.24) is 0 Å². The quantitative estimate of drug-likeness (QED) is 0.634. The molecule has 0 N–H and O–H groups in total. The van der Waals surface area contributed by atoms with Gasteiger partial charge in [-0.1, -0.05) is 0 Å². The van der Waals surface area contributed by atoms with Crippen LogP contribution in [0.2, 0.25) is 0 Å². The van der Waals surface area contributed by atoms with E-state index in [0.29, 0.717) is 4.88 Å². The molecule has 19 heavy (non-hydrogen) atoms. The van der Waals surface area contributed by atoms with Crippen LogP contribution >= 0.6 is 11.3 Å². The summed E-state index contributed by atoms with van der Waals surface area (Å²) >= 11 is 1.28. The fourth-order valence-electron chi connectivity index (χ4n) is 1.06. The van der Waals surface area contributed by atoms with E-state index < -0.39 is 11.0 Å². The Morgan fingerprint density at radius 1 is 1.42 bits per heavy atom. The second-order valence-electron chi connectivity index (χ2n) is 5.25. The van der Waals surface area contributed by atoms with Crippen LogP contribution in [0.15, 0.2) is 16.5 Å². The number of hydrogen-bond donors (Lipinski definition) is 0. The summed E-state index contributed by atoms with van der Waals surface area (Å²) in [7, 11) is -1.29. The Morgan fingerprint density at radius 3 is 2.58 bits per heavy atom. The summed E-state index contributed by atoms with van der Waals surface area (Å²) < 4.78 is 20.5. The highest BCUT2D eigenvalue weighted by molar-refractivity contribution is 7.85. The molecule has 0 saturated carbocycles. The highest BCUT2D eigenvalue weighted by atomic mass is 32.2. The second kappa shape index (κ2) is 6.43. The molecule has 0 bridgehead atoms. The minimum atomic E-state index is -1.29. The minimum absolute atomic E-state index is 0.139. The predicted octanol–water partition coefficient (Wildman–Crippen LogP) is 3.19. The van der Waals surface area contributed by atoms with E-state index in [1.807, 2.05) is 20.8 Å². The fraction of sp³-hybridized carbons (Fsp3) is 0.538. The molecule has 0 amide bonds. The summed E-state index contributed by atoms with van der Waals surface area (Å²) in [6.45, 7) is 9.20. The predicted molar refractivity (Wildman–Crippen MR) is 80.4 cm³/mol. The van der Waals surface area contributed by atoms with Crippen molar-refractivity contribution in [2.75, 3.05) is 0 Å². The Balaban J connectivity index is 2.73. The number of carbonyl (C=O) groups is 1. The SMILES string of the molecule is CC(C)OC(=O)c1ccc(C=NS(=O)C(C)(C)C)s1. The van der Waals surface area contributed by atoms with Gasteiger partial charge in [-0.25, -0.2) is 9.00 Å². The zero-order valence-electron chi connectivity index (χ0n) is 11.8. The Hall–Kier alpha value is -1.01. The number of carbonyl (C=O) groups excluding carboxylic acids is 1. The van der Waals surface area contributed by atoms with Gasteiger partial charge in [-0.2, -0.15) is 4.40 Å². The first-order valence-corrected chi connectivity index (χ1v) is 7.89. The average molecular weight is 301 g/mol. The van der Waals surface area contributed by atoms with E-state index in [0.717, 1.165) is 4.88 Å². The summed E-state index contributed by atoms with van der Waals surface area (Å²) in [6, 6.07) is 3.46. The second-order valence-corrected chi connectivity index (χ2v) is 8.30. The van der Waals surface area contributed by atoms with E-state index in [4.69, 9.17) is 4.74 Å². The van der Waals surface area contributed by atoms with Gasteiger partial charge in [0.2, 0.25) is 0 Å². The molecule has 0 radical (unpaired) electrons. The lowest BCUT2D eigenvalue weighted by Gasteiger charge is -2.12. The van der Waals surface area contributed by atoms with Crippen LogP contribution in [0.5, 0.6) is 0 Å². The normalized spacial score (nSPS) is 14.0. The molecule has 1 aromatic rings.